The van der Waals surface area contributed by atoms with Gasteiger partial charge in [0.1, 0.15) is 5.75 Å². The number of aryl methyl sites for hydroxylation is 1. The van der Waals surface area contributed by atoms with Gasteiger partial charge in [-0.3, -0.25) is 0 Å². The van der Waals surface area contributed by atoms with E-state index in [-0.39, 0.29) is 0 Å². The molecule has 0 unspecified atom stereocenters. The molecule has 0 fully saturated rings. The Balaban J connectivity index is 2.50. The number of hydrogen-bond donors (Lipinski definition) is 1. The van der Waals surface area contributed by atoms with Crippen LogP contribution in [0.15, 0.2) is 18.2 Å². The quantitative estimate of drug-likeness (QED) is 0.706. The van der Waals surface area contributed by atoms with E-state index in [1.54, 1.807) is 7.11 Å². The van der Waals surface area contributed by atoms with Gasteiger partial charge in [0.05, 0.1) is 6.61 Å². The summed E-state index contributed by atoms with van der Waals surface area (Å²) in [6, 6.07) is 6.22. The van der Waals surface area contributed by atoms with Crippen molar-refractivity contribution in [2.24, 2.45) is 5.73 Å². The number of rotatable bonds is 8. The Kier molecular flexibility index (Phi) is 6.67. The molecule has 0 aliphatic heterocycles. The van der Waals surface area contributed by atoms with Gasteiger partial charge in [-0.25, -0.2) is 0 Å². The van der Waals surface area contributed by atoms with Crippen LogP contribution >= 0.6 is 0 Å². The molecule has 0 heterocycles. The summed E-state index contributed by atoms with van der Waals surface area (Å²) < 4.78 is 10.9. The fraction of sp³-hybridized carbons (Fsp3) is 0.571. The van der Waals surface area contributed by atoms with Crippen LogP contribution in [0.1, 0.15) is 24.0 Å². The fourth-order valence-corrected chi connectivity index (χ4v) is 1.79. The van der Waals surface area contributed by atoms with Crippen LogP contribution in [0.4, 0.5) is 0 Å². The van der Waals surface area contributed by atoms with E-state index in [1.807, 2.05) is 0 Å². The number of methoxy groups -OCH3 is 1. The van der Waals surface area contributed by atoms with E-state index in [9.17, 15) is 0 Å². The molecular formula is C14H23NO2. The SMILES string of the molecule is COCCCCOc1c(C)cccc1CCN. The lowest BCUT2D eigenvalue weighted by Gasteiger charge is -2.13. The predicted octanol–water partition coefficient (Wildman–Crippen LogP) is 2.30. The summed E-state index contributed by atoms with van der Waals surface area (Å²) in [5.74, 6) is 1.01. The molecule has 0 aliphatic carbocycles. The monoisotopic (exact) mass is 237 g/mol. The summed E-state index contributed by atoms with van der Waals surface area (Å²) in [6.45, 7) is 4.27. The van der Waals surface area contributed by atoms with Crippen molar-refractivity contribution >= 4 is 0 Å². The molecule has 0 radical (unpaired) electrons. The average Bonchev–Trinajstić information content (AvgIpc) is 2.32. The normalized spacial score (nSPS) is 10.5. The maximum Gasteiger partial charge on any atom is 0.125 e. The average molecular weight is 237 g/mol. The number of benzene rings is 1. The molecule has 1 aromatic rings. The van der Waals surface area contributed by atoms with E-state index in [1.165, 1.54) is 11.1 Å². The van der Waals surface area contributed by atoms with Crippen molar-refractivity contribution in [2.45, 2.75) is 26.2 Å². The van der Waals surface area contributed by atoms with Gasteiger partial charge in [0.2, 0.25) is 0 Å². The number of para-hydroxylation sites is 1. The Morgan fingerprint density at radius 2 is 1.94 bits per heavy atom. The molecule has 0 aromatic heterocycles. The van der Waals surface area contributed by atoms with E-state index in [0.29, 0.717) is 6.54 Å². The highest BCUT2D eigenvalue weighted by Gasteiger charge is 2.05. The highest BCUT2D eigenvalue weighted by Crippen LogP contribution is 2.23. The van der Waals surface area contributed by atoms with Gasteiger partial charge in [0.15, 0.2) is 0 Å². The van der Waals surface area contributed by atoms with Crippen molar-refractivity contribution < 1.29 is 9.47 Å². The molecule has 0 aliphatic rings. The van der Waals surface area contributed by atoms with Crippen molar-refractivity contribution in [1.29, 1.82) is 0 Å². The first-order valence-electron chi connectivity index (χ1n) is 6.20. The smallest absolute Gasteiger partial charge is 0.125 e. The molecule has 3 heteroatoms. The Hall–Kier alpha value is -1.06. The van der Waals surface area contributed by atoms with Gasteiger partial charge in [-0.2, -0.15) is 0 Å². The largest absolute Gasteiger partial charge is 0.493 e. The van der Waals surface area contributed by atoms with Crippen molar-refractivity contribution in [3.05, 3.63) is 29.3 Å². The number of unbranched alkanes of at least 4 members (excludes halogenated alkanes) is 1. The van der Waals surface area contributed by atoms with Gasteiger partial charge in [0.25, 0.3) is 0 Å². The van der Waals surface area contributed by atoms with Gasteiger partial charge in [-0.1, -0.05) is 18.2 Å². The highest BCUT2D eigenvalue weighted by molar-refractivity contribution is 5.40. The van der Waals surface area contributed by atoms with Crippen LogP contribution in [-0.4, -0.2) is 26.9 Å². The fourth-order valence-electron chi connectivity index (χ4n) is 1.79. The Morgan fingerprint density at radius 1 is 1.18 bits per heavy atom. The zero-order valence-corrected chi connectivity index (χ0v) is 10.9. The van der Waals surface area contributed by atoms with Gasteiger partial charge < -0.3 is 15.2 Å². The molecule has 0 saturated heterocycles. The van der Waals surface area contributed by atoms with Gasteiger partial charge in [-0.15, -0.1) is 0 Å². The van der Waals surface area contributed by atoms with Gasteiger partial charge >= 0.3 is 0 Å². The van der Waals surface area contributed by atoms with E-state index in [4.69, 9.17) is 15.2 Å². The number of nitrogens with two attached hydrogens (primary N) is 1. The highest BCUT2D eigenvalue weighted by atomic mass is 16.5. The van der Waals surface area contributed by atoms with Crippen molar-refractivity contribution in [2.75, 3.05) is 26.9 Å². The Morgan fingerprint density at radius 3 is 2.65 bits per heavy atom. The van der Waals surface area contributed by atoms with E-state index in [2.05, 4.69) is 25.1 Å². The van der Waals surface area contributed by atoms with E-state index >= 15 is 0 Å². The lowest BCUT2D eigenvalue weighted by atomic mass is 10.1. The van der Waals surface area contributed by atoms with Crippen LogP contribution in [0.3, 0.4) is 0 Å². The lowest BCUT2D eigenvalue weighted by molar-refractivity contribution is 0.184. The maximum atomic E-state index is 5.86. The van der Waals surface area contributed by atoms with Crippen LogP contribution in [0.25, 0.3) is 0 Å². The summed E-state index contributed by atoms with van der Waals surface area (Å²) >= 11 is 0. The molecule has 96 valence electrons. The van der Waals surface area contributed by atoms with Crippen molar-refractivity contribution in [3.8, 4) is 5.75 Å². The molecule has 17 heavy (non-hydrogen) atoms. The summed E-state index contributed by atoms with van der Waals surface area (Å²) in [5.41, 5.74) is 7.99. The van der Waals surface area contributed by atoms with E-state index < -0.39 is 0 Å². The van der Waals surface area contributed by atoms with Crippen LogP contribution in [0, 0.1) is 6.92 Å². The lowest BCUT2D eigenvalue weighted by Crippen LogP contribution is -2.07. The molecule has 0 bridgehead atoms. The third kappa shape index (κ3) is 4.75. The minimum atomic E-state index is 0.656. The predicted molar refractivity (Wildman–Crippen MR) is 70.5 cm³/mol. The number of ether oxygens (including phenoxy) is 2. The second kappa shape index (κ2) is 8.09. The molecular weight excluding hydrogens is 214 g/mol. The summed E-state index contributed by atoms with van der Waals surface area (Å²) in [5, 5.41) is 0. The zero-order valence-electron chi connectivity index (χ0n) is 10.9. The van der Waals surface area contributed by atoms with Crippen molar-refractivity contribution in [3.63, 3.8) is 0 Å². The maximum absolute atomic E-state index is 5.86. The summed E-state index contributed by atoms with van der Waals surface area (Å²) in [7, 11) is 1.72. The molecule has 1 aromatic carbocycles. The van der Waals surface area contributed by atoms with Crippen LogP contribution in [0.2, 0.25) is 0 Å². The standard InChI is InChI=1S/C14H23NO2/c1-12-6-5-7-13(8-9-15)14(12)17-11-4-3-10-16-2/h5-7H,3-4,8-11,15H2,1-2H3. The molecule has 0 atom stereocenters. The first kappa shape index (κ1) is 14.0. The summed E-state index contributed by atoms with van der Waals surface area (Å²) in [6.07, 6.45) is 2.92. The molecule has 0 saturated carbocycles. The molecule has 2 N–H and O–H groups in total. The molecule has 3 nitrogen and oxygen atoms in total. The van der Waals surface area contributed by atoms with Gasteiger partial charge in [-0.05, 0) is 43.9 Å². The Bertz CT molecular complexity index is 326. The minimum Gasteiger partial charge on any atom is -0.493 e. The van der Waals surface area contributed by atoms with Gasteiger partial charge in [0, 0.05) is 13.7 Å². The van der Waals surface area contributed by atoms with Crippen LogP contribution in [0.5, 0.6) is 5.75 Å². The van der Waals surface area contributed by atoms with Crippen LogP contribution < -0.4 is 10.5 Å². The molecule has 0 spiro atoms. The number of hydrogen-bond acceptors (Lipinski definition) is 3. The first-order valence-corrected chi connectivity index (χ1v) is 6.20. The Labute approximate surface area is 104 Å². The van der Waals surface area contributed by atoms with E-state index in [0.717, 1.165) is 38.2 Å². The van der Waals surface area contributed by atoms with Crippen LogP contribution in [-0.2, 0) is 11.2 Å². The second-order valence-corrected chi connectivity index (χ2v) is 4.15. The third-order valence-corrected chi connectivity index (χ3v) is 2.70. The third-order valence-electron chi connectivity index (χ3n) is 2.70. The van der Waals surface area contributed by atoms with Crippen molar-refractivity contribution in [1.82, 2.24) is 0 Å². The molecule has 1 rings (SSSR count). The zero-order chi connectivity index (χ0) is 12.5. The first-order chi connectivity index (χ1) is 8.29. The topological polar surface area (TPSA) is 44.5 Å². The molecule has 0 amide bonds. The second-order valence-electron chi connectivity index (χ2n) is 4.15. The minimum absolute atomic E-state index is 0.656. The summed E-state index contributed by atoms with van der Waals surface area (Å²) in [4.78, 5) is 0.